The lowest BCUT2D eigenvalue weighted by Gasteiger charge is -2.21. The zero-order valence-electron chi connectivity index (χ0n) is 12.5. The molecule has 0 saturated carbocycles. The minimum Gasteiger partial charge on any atom is -0.369 e. The number of pyridine rings is 1. The first kappa shape index (κ1) is 15.4. The lowest BCUT2D eigenvalue weighted by molar-refractivity contribution is 0.0827. The van der Waals surface area contributed by atoms with Crippen LogP contribution in [0.15, 0.2) is 18.3 Å². The minimum atomic E-state index is -0.0291. The molecule has 0 unspecified atom stereocenters. The summed E-state index contributed by atoms with van der Waals surface area (Å²) in [7, 11) is 5.56. The van der Waals surface area contributed by atoms with E-state index in [0.29, 0.717) is 11.6 Å². The first-order chi connectivity index (χ1) is 8.91. The molecule has 0 aromatic carbocycles. The standard InChI is InChI=1S/C14H24N4O/c1-11(2)18(5)9-8-15-13-7-6-12(10-16-13)14(19)17(3)4/h6-7,10-11H,8-9H2,1-5H3,(H,15,16). The Bertz CT molecular complexity index is 400. The second-order valence-corrected chi connectivity index (χ2v) is 5.13. The number of hydrogen-bond donors (Lipinski definition) is 1. The number of hydrogen-bond acceptors (Lipinski definition) is 4. The van der Waals surface area contributed by atoms with Crippen LogP contribution in [-0.4, -0.2) is 61.0 Å². The molecule has 19 heavy (non-hydrogen) atoms. The number of anilines is 1. The Kier molecular flexibility index (Phi) is 5.76. The van der Waals surface area contributed by atoms with Gasteiger partial charge in [-0.2, -0.15) is 0 Å². The van der Waals surface area contributed by atoms with Gasteiger partial charge in [-0.3, -0.25) is 4.79 Å². The Morgan fingerprint density at radius 3 is 2.47 bits per heavy atom. The summed E-state index contributed by atoms with van der Waals surface area (Å²) in [6, 6.07) is 4.17. The fourth-order valence-corrected chi connectivity index (χ4v) is 1.50. The van der Waals surface area contributed by atoms with E-state index in [1.807, 2.05) is 6.07 Å². The largest absolute Gasteiger partial charge is 0.369 e. The van der Waals surface area contributed by atoms with Gasteiger partial charge in [-0.1, -0.05) is 0 Å². The number of carbonyl (C=O) groups is 1. The van der Waals surface area contributed by atoms with Gasteiger partial charge in [0.1, 0.15) is 5.82 Å². The van der Waals surface area contributed by atoms with Crippen LogP contribution in [0.25, 0.3) is 0 Å². The highest BCUT2D eigenvalue weighted by Gasteiger charge is 2.08. The van der Waals surface area contributed by atoms with Gasteiger partial charge in [0, 0.05) is 39.4 Å². The average molecular weight is 264 g/mol. The smallest absolute Gasteiger partial charge is 0.254 e. The summed E-state index contributed by atoms with van der Waals surface area (Å²) in [6.07, 6.45) is 1.61. The van der Waals surface area contributed by atoms with Gasteiger partial charge >= 0.3 is 0 Å². The molecule has 0 atom stereocenters. The molecular formula is C14H24N4O. The maximum Gasteiger partial charge on any atom is 0.254 e. The van der Waals surface area contributed by atoms with Crippen molar-refractivity contribution in [3.8, 4) is 0 Å². The molecule has 106 valence electrons. The second kappa shape index (κ2) is 7.09. The predicted octanol–water partition coefficient (Wildman–Crippen LogP) is 1.54. The maximum absolute atomic E-state index is 11.7. The van der Waals surface area contributed by atoms with Crippen LogP contribution in [-0.2, 0) is 0 Å². The van der Waals surface area contributed by atoms with Crippen LogP contribution in [0, 0.1) is 0 Å². The van der Waals surface area contributed by atoms with Gasteiger partial charge in [0.05, 0.1) is 5.56 Å². The summed E-state index contributed by atoms with van der Waals surface area (Å²) in [5.41, 5.74) is 0.606. The molecule has 1 rings (SSSR count). The van der Waals surface area contributed by atoms with Crippen LogP contribution in [0.4, 0.5) is 5.82 Å². The monoisotopic (exact) mass is 264 g/mol. The van der Waals surface area contributed by atoms with Crippen molar-refractivity contribution >= 4 is 11.7 Å². The molecule has 0 radical (unpaired) electrons. The van der Waals surface area contributed by atoms with Crippen molar-refractivity contribution in [3.63, 3.8) is 0 Å². The number of amides is 1. The fourth-order valence-electron chi connectivity index (χ4n) is 1.50. The normalized spacial score (nSPS) is 10.9. The molecule has 0 bridgehead atoms. The highest BCUT2D eigenvalue weighted by atomic mass is 16.2. The Hall–Kier alpha value is -1.62. The number of rotatable bonds is 6. The predicted molar refractivity (Wildman–Crippen MR) is 78.5 cm³/mol. The highest BCUT2D eigenvalue weighted by molar-refractivity contribution is 5.93. The van der Waals surface area contributed by atoms with Crippen LogP contribution >= 0.6 is 0 Å². The molecule has 0 saturated heterocycles. The summed E-state index contributed by atoms with van der Waals surface area (Å²) >= 11 is 0. The fraction of sp³-hybridized carbons (Fsp3) is 0.571. The van der Waals surface area contributed by atoms with Gasteiger partial charge in [-0.15, -0.1) is 0 Å². The third-order valence-corrected chi connectivity index (χ3v) is 3.07. The lowest BCUT2D eigenvalue weighted by Crippen LogP contribution is -2.31. The van der Waals surface area contributed by atoms with E-state index in [4.69, 9.17) is 0 Å². The number of nitrogens with zero attached hydrogens (tertiary/aromatic N) is 3. The van der Waals surface area contributed by atoms with E-state index < -0.39 is 0 Å². The first-order valence-corrected chi connectivity index (χ1v) is 6.53. The van der Waals surface area contributed by atoms with E-state index in [1.165, 1.54) is 0 Å². The van der Waals surface area contributed by atoms with Crippen LogP contribution in [0.5, 0.6) is 0 Å². The Balaban J connectivity index is 2.47. The molecule has 1 aromatic rings. The first-order valence-electron chi connectivity index (χ1n) is 6.53. The topological polar surface area (TPSA) is 48.5 Å². The van der Waals surface area contributed by atoms with E-state index in [1.54, 1.807) is 31.3 Å². The molecule has 1 aromatic heterocycles. The van der Waals surface area contributed by atoms with E-state index >= 15 is 0 Å². The number of aromatic nitrogens is 1. The van der Waals surface area contributed by atoms with Gasteiger partial charge in [-0.05, 0) is 33.0 Å². The Morgan fingerprint density at radius 2 is 2.00 bits per heavy atom. The summed E-state index contributed by atoms with van der Waals surface area (Å²) in [5, 5.41) is 3.25. The molecule has 1 heterocycles. The molecule has 0 aliphatic carbocycles. The highest BCUT2D eigenvalue weighted by Crippen LogP contribution is 2.06. The number of nitrogens with one attached hydrogen (secondary N) is 1. The molecular weight excluding hydrogens is 240 g/mol. The van der Waals surface area contributed by atoms with Gasteiger partial charge in [0.2, 0.25) is 0 Å². The molecule has 0 aliphatic heterocycles. The van der Waals surface area contributed by atoms with E-state index in [9.17, 15) is 4.79 Å². The van der Waals surface area contributed by atoms with E-state index in [2.05, 4.69) is 36.1 Å². The summed E-state index contributed by atoms with van der Waals surface area (Å²) in [5.74, 6) is 0.769. The molecule has 0 aliphatic rings. The van der Waals surface area contributed by atoms with Crippen molar-refractivity contribution in [2.45, 2.75) is 19.9 Å². The number of carbonyl (C=O) groups excluding carboxylic acids is 1. The van der Waals surface area contributed by atoms with Gasteiger partial charge < -0.3 is 15.1 Å². The van der Waals surface area contributed by atoms with Crippen LogP contribution < -0.4 is 5.32 Å². The van der Waals surface area contributed by atoms with Crippen molar-refractivity contribution in [3.05, 3.63) is 23.9 Å². The summed E-state index contributed by atoms with van der Waals surface area (Å²) in [4.78, 5) is 19.7. The van der Waals surface area contributed by atoms with E-state index in [-0.39, 0.29) is 5.91 Å². The van der Waals surface area contributed by atoms with Crippen LogP contribution in [0.1, 0.15) is 24.2 Å². The average Bonchev–Trinajstić information content (AvgIpc) is 2.38. The quantitative estimate of drug-likeness (QED) is 0.846. The molecule has 0 fully saturated rings. The zero-order chi connectivity index (χ0) is 14.4. The Morgan fingerprint density at radius 1 is 1.32 bits per heavy atom. The van der Waals surface area contributed by atoms with Gasteiger partial charge in [0.25, 0.3) is 5.91 Å². The lowest BCUT2D eigenvalue weighted by atomic mass is 10.2. The van der Waals surface area contributed by atoms with Crippen LogP contribution in [0.3, 0.4) is 0 Å². The molecule has 5 nitrogen and oxygen atoms in total. The SMILES string of the molecule is CC(C)N(C)CCNc1ccc(C(=O)N(C)C)cn1. The van der Waals surface area contributed by atoms with Crippen molar-refractivity contribution in [2.24, 2.45) is 0 Å². The number of likely N-dealkylation sites (N-methyl/N-ethyl adjacent to an activating group) is 1. The molecule has 0 spiro atoms. The molecule has 5 heteroatoms. The van der Waals surface area contributed by atoms with Crippen molar-refractivity contribution in [1.29, 1.82) is 0 Å². The maximum atomic E-state index is 11.7. The van der Waals surface area contributed by atoms with E-state index in [0.717, 1.165) is 18.9 Å². The minimum absolute atomic E-state index is 0.0291. The Labute approximate surface area is 115 Å². The molecule has 1 N–H and O–H groups in total. The van der Waals surface area contributed by atoms with Crippen molar-refractivity contribution in [1.82, 2.24) is 14.8 Å². The second-order valence-electron chi connectivity index (χ2n) is 5.13. The van der Waals surface area contributed by atoms with Gasteiger partial charge in [-0.25, -0.2) is 4.98 Å². The van der Waals surface area contributed by atoms with Crippen molar-refractivity contribution < 1.29 is 4.79 Å². The molecule has 1 amide bonds. The van der Waals surface area contributed by atoms with Crippen LogP contribution in [0.2, 0.25) is 0 Å². The summed E-state index contributed by atoms with van der Waals surface area (Å²) < 4.78 is 0. The zero-order valence-corrected chi connectivity index (χ0v) is 12.5. The van der Waals surface area contributed by atoms with Gasteiger partial charge in [0.15, 0.2) is 0 Å². The van der Waals surface area contributed by atoms with Crippen molar-refractivity contribution in [2.75, 3.05) is 39.5 Å². The summed E-state index contributed by atoms with van der Waals surface area (Å²) in [6.45, 7) is 6.13. The third kappa shape index (κ3) is 4.87. The third-order valence-electron chi connectivity index (χ3n) is 3.07.